The fraction of sp³-hybridized carbons (Fsp3) is 0.647. The average molecular weight is 352 g/mol. The van der Waals surface area contributed by atoms with Gasteiger partial charge in [-0.15, -0.1) is 0 Å². The minimum absolute atomic E-state index is 0.0383. The van der Waals surface area contributed by atoms with Crippen LogP contribution in [0.15, 0.2) is 12.5 Å². The van der Waals surface area contributed by atoms with Gasteiger partial charge in [0.05, 0.1) is 12.0 Å². The van der Waals surface area contributed by atoms with Crippen LogP contribution in [0.4, 0.5) is 0 Å². The van der Waals surface area contributed by atoms with Crippen molar-refractivity contribution in [2.45, 2.75) is 59.0 Å². The average Bonchev–Trinajstić information content (AvgIpc) is 2.86. The van der Waals surface area contributed by atoms with Gasteiger partial charge in [0.15, 0.2) is 0 Å². The van der Waals surface area contributed by atoms with E-state index in [-0.39, 0.29) is 17.7 Å². The number of hydrogen-bond donors (Lipinski definition) is 3. The van der Waals surface area contributed by atoms with E-state index in [1.54, 1.807) is 24.1 Å². The second kappa shape index (κ2) is 8.64. The van der Waals surface area contributed by atoms with Crippen molar-refractivity contribution in [3.8, 4) is 0 Å². The number of carboxylic acid groups (broad SMARTS) is 1. The molecular formula is C17H28N4O4. The van der Waals surface area contributed by atoms with Crippen molar-refractivity contribution in [3.63, 3.8) is 0 Å². The molecule has 140 valence electrons. The lowest BCUT2D eigenvalue weighted by atomic mass is 9.88. The van der Waals surface area contributed by atoms with Crippen LogP contribution in [0.25, 0.3) is 0 Å². The van der Waals surface area contributed by atoms with E-state index >= 15 is 0 Å². The maximum atomic E-state index is 12.5. The van der Waals surface area contributed by atoms with Crippen LogP contribution in [0.1, 0.15) is 46.2 Å². The molecule has 0 aromatic carbocycles. The van der Waals surface area contributed by atoms with Gasteiger partial charge in [-0.2, -0.15) is 0 Å². The van der Waals surface area contributed by atoms with Crippen LogP contribution in [0, 0.1) is 5.41 Å². The molecule has 1 heterocycles. The molecule has 2 atom stereocenters. The Hall–Kier alpha value is -2.38. The maximum Gasteiger partial charge on any atom is 0.326 e. The lowest BCUT2D eigenvalue weighted by Crippen LogP contribution is -2.52. The summed E-state index contributed by atoms with van der Waals surface area (Å²) in [6, 6.07) is -1.87. The smallest absolute Gasteiger partial charge is 0.326 e. The third-order valence-electron chi connectivity index (χ3n) is 3.66. The number of aryl methyl sites for hydroxylation is 1. The monoisotopic (exact) mass is 352 g/mol. The van der Waals surface area contributed by atoms with Crippen molar-refractivity contribution in [1.82, 2.24) is 20.2 Å². The number of nitrogens with one attached hydrogen (secondary N) is 2. The summed E-state index contributed by atoms with van der Waals surface area (Å²) in [5.41, 5.74) is 0.599. The number of carbonyl (C=O) groups is 3. The number of nitrogens with zero attached hydrogens (tertiary/aromatic N) is 2. The van der Waals surface area contributed by atoms with Crippen LogP contribution >= 0.6 is 0 Å². The Balaban J connectivity index is 2.80. The summed E-state index contributed by atoms with van der Waals surface area (Å²) in [7, 11) is 1.80. The van der Waals surface area contributed by atoms with Gasteiger partial charge in [-0.05, 0) is 18.3 Å². The van der Waals surface area contributed by atoms with Gasteiger partial charge >= 0.3 is 5.97 Å². The minimum Gasteiger partial charge on any atom is -0.480 e. The molecule has 1 rings (SSSR count). The predicted molar refractivity (Wildman–Crippen MR) is 92.8 cm³/mol. The van der Waals surface area contributed by atoms with E-state index < -0.39 is 24.0 Å². The molecule has 0 bridgehead atoms. The van der Waals surface area contributed by atoms with Gasteiger partial charge in [0, 0.05) is 26.6 Å². The predicted octanol–water partition coefficient (Wildman–Crippen LogP) is 0.863. The summed E-state index contributed by atoms with van der Waals surface area (Å²) in [6.45, 7) is 7.34. The van der Waals surface area contributed by atoms with Gasteiger partial charge < -0.3 is 20.3 Å². The molecule has 0 saturated carbocycles. The molecule has 1 aromatic rings. The molecular weight excluding hydrogens is 324 g/mol. The molecule has 0 aliphatic carbocycles. The largest absolute Gasteiger partial charge is 0.480 e. The van der Waals surface area contributed by atoms with E-state index in [4.69, 9.17) is 0 Å². The summed E-state index contributed by atoms with van der Waals surface area (Å²) < 4.78 is 1.74. The van der Waals surface area contributed by atoms with Gasteiger partial charge in [-0.25, -0.2) is 9.78 Å². The molecule has 0 unspecified atom stereocenters. The zero-order valence-electron chi connectivity index (χ0n) is 15.5. The number of amides is 2. The topological polar surface area (TPSA) is 113 Å². The minimum atomic E-state index is -1.09. The molecule has 1 aromatic heterocycles. The van der Waals surface area contributed by atoms with Crippen LogP contribution in [0.3, 0.4) is 0 Å². The van der Waals surface area contributed by atoms with E-state index in [1.165, 1.54) is 6.92 Å². The summed E-state index contributed by atoms with van der Waals surface area (Å²) in [5, 5.41) is 14.5. The first-order valence-corrected chi connectivity index (χ1v) is 8.25. The van der Waals surface area contributed by atoms with E-state index in [0.29, 0.717) is 18.5 Å². The van der Waals surface area contributed by atoms with Crippen molar-refractivity contribution in [2.24, 2.45) is 12.5 Å². The number of imidazole rings is 1. The molecule has 0 aliphatic heterocycles. The van der Waals surface area contributed by atoms with Crippen molar-refractivity contribution < 1.29 is 19.5 Å². The molecule has 3 N–H and O–H groups in total. The lowest BCUT2D eigenvalue weighted by molar-refractivity contribution is -0.142. The molecule has 2 amide bonds. The second-order valence-electron chi connectivity index (χ2n) is 7.49. The van der Waals surface area contributed by atoms with Crippen LogP contribution in [0.2, 0.25) is 0 Å². The Morgan fingerprint density at radius 3 is 2.32 bits per heavy atom. The van der Waals surface area contributed by atoms with Crippen LogP contribution in [-0.2, 0) is 27.9 Å². The molecule has 0 spiro atoms. The number of hydrogen-bond acceptors (Lipinski definition) is 4. The molecule has 8 nitrogen and oxygen atoms in total. The molecule has 0 radical (unpaired) electrons. The van der Waals surface area contributed by atoms with E-state index in [0.717, 1.165) is 0 Å². The number of aliphatic carboxylic acids is 1. The summed E-state index contributed by atoms with van der Waals surface area (Å²) in [5.74, 6) is -1.98. The Labute approximate surface area is 148 Å². The quantitative estimate of drug-likeness (QED) is 0.642. The van der Waals surface area contributed by atoms with Crippen LogP contribution in [0.5, 0.6) is 0 Å². The molecule has 0 aliphatic rings. The normalized spacial score (nSPS) is 13.8. The molecule has 8 heteroatoms. The fourth-order valence-electron chi connectivity index (χ4n) is 2.34. The van der Waals surface area contributed by atoms with Gasteiger partial charge in [0.2, 0.25) is 11.8 Å². The first kappa shape index (κ1) is 20.7. The lowest BCUT2D eigenvalue weighted by Gasteiger charge is -2.23. The zero-order valence-corrected chi connectivity index (χ0v) is 15.5. The van der Waals surface area contributed by atoms with Gasteiger partial charge in [0.1, 0.15) is 12.1 Å². The Bertz CT molecular complexity index is 618. The summed E-state index contributed by atoms with van der Waals surface area (Å²) in [6.07, 6.45) is 4.51. The molecule has 0 saturated heterocycles. The van der Waals surface area contributed by atoms with E-state index in [1.807, 2.05) is 20.8 Å². The Morgan fingerprint density at radius 1 is 1.24 bits per heavy atom. The zero-order chi connectivity index (χ0) is 19.2. The Kier molecular flexibility index (Phi) is 7.14. The molecule has 0 fully saturated rings. The third-order valence-corrected chi connectivity index (χ3v) is 3.66. The van der Waals surface area contributed by atoms with Gasteiger partial charge in [-0.1, -0.05) is 20.8 Å². The maximum absolute atomic E-state index is 12.5. The number of carbonyl (C=O) groups excluding carboxylic acids is 2. The molecule has 25 heavy (non-hydrogen) atoms. The summed E-state index contributed by atoms with van der Waals surface area (Å²) in [4.78, 5) is 39.5. The highest BCUT2D eigenvalue weighted by Gasteiger charge is 2.27. The van der Waals surface area contributed by atoms with Crippen molar-refractivity contribution in [1.29, 1.82) is 0 Å². The van der Waals surface area contributed by atoms with E-state index in [9.17, 15) is 19.5 Å². The second-order valence-corrected chi connectivity index (χ2v) is 7.49. The highest BCUT2D eigenvalue weighted by molar-refractivity contribution is 5.90. The van der Waals surface area contributed by atoms with Crippen molar-refractivity contribution in [3.05, 3.63) is 18.2 Å². The van der Waals surface area contributed by atoms with Crippen molar-refractivity contribution in [2.75, 3.05) is 0 Å². The first-order valence-electron chi connectivity index (χ1n) is 8.25. The Morgan fingerprint density at radius 2 is 1.88 bits per heavy atom. The standard InChI is InChI=1S/C17H28N4O4/c1-11(22)19-14(8-12-9-21(5)10-18-12)15(23)20-13(16(24)25)6-7-17(2,3)4/h9-10,13-14H,6-8H2,1-5H3,(H,19,22)(H,20,23)(H,24,25)/t13-,14-/m0/s1. The van der Waals surface area contributed by atoms with Crippen molar-refractivity contribution >= 4 is 17.8 Å². The highest BCUT2D eigenvalue weighted by Crippen LogP contribution is 2.21. The van der Waals surface area contributed by atoms with Crippen LogP contribution in [-0.4, -0.2) is 44.5 Å². The van der Waals surface area contributed by atoms with Gasteiger partial charge in [0.25, 0.3) is 0 Å². The third kappa shape index (κ3) is 7.82. The number of rotatable bonds is 8. The number of carboxylic acids is 1. The summed E-state index contributed by atoms with van der Waals surface area (Å²) >= 11 is 0. The van der Waals surface area contributed by atoms with E-state index in [2.05, 4.69) is 15.6 Å². The SMILES string of the molecule is CC(=O)N[C@@H](Cc1cn(C)cn1)C(=O)N[C@@H](CCC(C)(C)C)C(=O)O. The van der Waals surface area contributed by atoms with Crippen LogP contribution < -0.4 is 10.6 Å². The first-order chi connectivity index (χ1) is 11.5. The number of aromatic nitrogens is 2. The highest BCUT2D eigenvalue weighted by atomic mass is 16.4. The van der Waals surface area contributed by atoms with Gasteiger partial charge in [-0.3, -0.25) is 9.59 Å². The fourth-order valence-corrected chi connectivity index (χ4v) is 2.34.